The molecule has 0 aliphatic heterocycles. The highest BCUT2D eigenvalue weighted by molar-refractivity contribution is 5.95. The molecule has 0 N–H and O–H groups in total. The molecule has 0 saturated heterocycles. The van der Waals surface area contributed by atoms with Gasteiger partial charge in [0, 0.05) is 44.5 Å². The average molecular weight is 735 g/mol. The molecule has 3 heterocycles. The number of rotatable bonds is 8. The highest BCUT2D eigenvalue weighted by atomic mass is 16.4. The molecule has 3 aromatic heterocycles. The molecule has 0 spiro atoms. The van der Waals surface area contributed by atoms with Crippen LogP contribution < -0.4 is 0 Å². The number of aromatic nitrogens is 8. The molecule has 0 radical (unpaired) electrons. The molecule has 268 valence electrons. The first kappa shape index (κ1) is 33.5. The van der Waals surface area contributed by atoms with Gasteiger partial charge < -0.3 is 4.42 Å². The number of benzene rings is 7. The van der Waals surface area contributed by atoms with Crippen molar-refractivity contribution in [3.63, 3.8) is 0 Å². The van der Waals surface area contributed by atoms with Gasteiger partial charge in [-0.1, -0.05) is 158 Å². The molecule has 0 aliphatic rings. The van der Waals surface area contributed by atoms with Crippen molar-refractivity contribution in [2.24, 2.45) is 0 Å². The van der Waals surface area contributed by atoms with Crippen molar-refractivity contribution in [1.82, 2.24) is 40.1 Å². The summed E-state index contributed by atoms with van der Waals surface area (Å²) >= 11 is 0. The van der Waals surface area contributed by atoms with Gasteiger partial charge in [-0.2, -0.15) is 0 Å². The summed E-state index contributed by atoms with van der Waals surface area (Å²) in [6.07, 6.45) is 0. The maximum atomic E-state index is 6.33. The fourth-order valence-corrected chi connectivity index (χ4v) is 6.74. The lowest BCUT2D eigenvalue weighted by Crippen LogP contribution is -2.00. The Morgan fingerprint density at radius 3 is 1.12 bits per heavy atom. The van der Waals surface area contributed by atoms with E-state index in [1.54, 1.807) is 0 Å². The maximum absolute atomic E-state index is 6.33. The molecule has 0 amide bonds. The Morgan fingerprint density at radius 2 is 0.632 bits per heavy atom. The van der Waals surface area contributed by atoms with Crippen LogP contribution in [0.4, 0.5) is 0 Å². The predicted molar refractivity (Wildman–Crippen MR) is 222 cm³/mol. The Morgan fingerprint density at radius 1 is 0.281 bits per heavy atom. The van der Waals surface area contributed by atoms with Crippen LogP contribution in [0.25, 0.3) is 102 Å². The van der Waals surface area contributed by atoms with E-state index in [4.69, 9.17) is 34.3 Å². The molecular formula is C48H30N8O. The first-order valence-corrected chi connectivity index (χ1v) is 18.4. The smallest absolute Gasteiger partial charge is 0.248 e. The van der Waals surface area contributed by atoms with Crippen LogP contribution >= 0.6 is 0 Å². The van der Waals surface area contributed by atoms with Gasteiger partial charge in [-0.15, -0.1) is 10.2 Å². The first-order valence-electron chi connectivity index (χ1n) is 18.4. The molecule has 9 heteroatoms. The molecule has 10 aromatic rings. The minimum atomic E-state index is 0.363. The molecule has 0 aliphatic carbocycles. The van der Waals surface area contributed by atoms with E-state index >= 15 is 0 Å². The van der Waals surface area contributed by atoms with Crippen molar-refractivity contribution in [3.8, 4) is 91.2 Å². The third-order valence-corrected chi connectivity index (χ3v) is 9.56. The summed E-state index contributed by atoms with van der Waals surface area (Å²) < 4.78 is 6.33. The van der Waals surface area contributed by atoms with E-state index < -0.39 is 0 Å². The lowest BCUT2D eigenvalue weighted by Gasteiger charge is -2.10. The molecule has 10 rings (SSSR count). The summed E-state index contributed by atoms with van der Waals surface area (Å²) in [7, 11) is 0. The number of hydrogen-bond acceptors (Lipinski definition) is 9. The molecule has 0 saturated carbocycles. The zero-order chi connectivity index (χ0) is 38.0. The minimum absolute atomic E-state index is 0.363. The monoisotopic (exact) mass is 734 g/mol. The van der Waals surface area contributed by atoms with Gasteiger partial charge in [0.25, 0.3) is 0 Å². The molecule has 0 unspecified atom stereocenters. The summed E-state index contributed by atoms with van der Waals surface area (Å²) in [6.45, 7) is 0. The van der Waals surface area contributed by atoms with Crippen LogP contribution in [0.5, 0.6) is 0 Å². The third kappa shape index (κ3) is 6.81. The lowest BCUT2D eigenvalue weighted by molar-refractivity contribution is 0.584. The third-order valence-electron chi connectivity index (χ3n) is 9.56. The van der Waals surface area contributed by atoms with Crippen molar-refractivity contribution in [2.75, 3.05) is 0 Å². The van der Waals surface area contributed by atoms with Crippen molar-refractivity contribution in [2.45, 2.75) is 0 Å². The van der Waals surface area contributed by atoms with Crippen molar-refractivity contribution < 1.29 is 4.42 Å². The second-order valence-corrected chi connectivity index (χ2v) is 13.3. The highest BCUT2D eigenvalue weighted by Gasteiger charge is 2.18. The van der Waals surface area contributed by atoms with Crippen LogP contribution in [0.1, 0.15) is 0 Å². The van der Waals surface area contributed by atoms with Gasteiger partial charge in [0.15, 0.2) is 34.9 Å². The van der Waals surface area contributed by atoms with E-state index in [1.165, 1.54) is 0 Å². The number of fused-ring (bicyclic) bond motifs is 1. The second kappa shape index (κ2) is 14.7. The summed E-state index contributed by atoms with van der Waals surface area (Å²) in [5, 5.41) is 11.1. The Bertz CT molecular complexity index is 2960. The largest absolute Gasteiger partial charge is 0.416 e. The SMILES string of the molecule is c1ccc(-c2nc(-c3ccccc3)nc(-c3cccc(-c4nnc(-c5cccc(-c6nc(-c7ccccc7)nc(-c7cccc8ccccc78)n6)c5)o4)c3)n2)cc1. The van der Waals surface area contributed by atoms with Crippen LogP contribution in [-0.2, 0) is 0 Å². The molecule has 0 atom stereocenters. The van der Waals surface area contributed by atoms with Crippen LogP contribution in [0.15, 0.2) is 186 Å². The predicted octanol–water partition coefficient (Wildman–Crippen LogP) is 10.9. The van der Waals surface area contributed by atoms with Crippen LogP contribution in [0.3, 0.4) is 0 Å². The topological polar surface area (TPSA) is 116 Å². The molecular weight excluding hydrogens is 705 g/mol. The molecule has 0 fully saturated rings. The standard InChI is InChI=1S/C48H30N8O/c1-4-16-32(17-5-1)41-49-42(33-18-6-2-7-19-33)51-44(50-41)35-23-12-25-37(29-35)47-55-56-48(57-47)38-26-13-24-36(30-38)45-52-43(34-20-8-3-9-21-34)53-46(54-45)40-28-14-22-31-15-10-11-27-39(31)40/h1-30H. The van der Waals surface area contributed by atoms with Crippen LogP contribution in [0.2, 0.25) is 0 Å². The van der Waals surface area contributed by atoms with Gasteiger partial charge in [0.2, 0.25) is 11.8 Å². The van der Waals surface area contributed by atoms with E-state index in [2.05, 4.69) is 28.4 Å². The molecule has 0 bridgehead atoms. The minimum Gasteiger partial charge on any atom is -0.416 e. The Hall–Kier alpha value is -8.04. The van der Waals surface area contributed by atoms with Crippen LogP contribution in [0, 0.1) is 0 Å². The normalized spacial score (nSPS) is 11.2. The van der Waals surface area contributed by atoms with Gasteiger partial charge in [0.1, 0.15) is 0 Å². The van der Waals surface area contributed by atoms with Crippen LogP contribution in [-0.4, -0.2) is 40.1 Å². The van der Waals surface area contributed by atoms with E-state index in [9.17, 15) is 0 Å². The quantitative estimate of drug-likeness (QED) is 0.150. The summed E-state index contributed by atoms with van der Waals surface area (Å²) in [4.78, 5) is 29.5. The number of hydrogen-bond donors (Lipinski definition) is 0. The average Bonchev–Trinajstić information content (AvgIpc) is 3.80. The zero-order valence-corrected chi connectivity index (χ0v) is 30.3. The zero-order valence-electron chi connectivity index (χ0n) is 30.3. The summed E-state index contributed by atoms with van der Waals surface area (Å²) in [5.74, 6) is 4.13. The Labute approximate surface area is 327 Å². The lowest BCUT2D eigenvalue weighted by atomic mass is 10.0. The first-order chi connectivity index (χ1) is 28.2. The van der Waals surface area contributed by atoms with E-state index in [-0.39, 0.29) is 0 Å². The van der Waals surface area contributed by atoms with Gasteiger partial charge in [-0.25, -0.2) is 29.9 Å². The Balaban J connectivity index is 1.01. The summed E-state index contributed by atoms with van der Waals surface area (Å²) in [6, 6.07) is 59.8. The molecule has 9 nitrogen and oxygen atoms in total. The fraction of sp³-hybridized carbons (Fsp3) is 0. The van der Waals surface area contributed by atoms with Gasteiger partial charge in [-0.3, -0.25) is 0 Å². The van der Waals surface area contributed by atoms with Gasteiger partial charge in [-0.05, 0) is 35.0 Å². The molecule has 7 aromatic carbocycles. The highest BCUT2D eigenvalue weighted by Crippen LogP contribution is 2.33. The Kier molecular flexibility index (Phi) is 8.62. The van der Waals surface area contributed by atoms with Crippen molar-refractivity contribution in [1.29, 1.82) is 0 Å². The number of nitrogens with zero attached hydrogens (tertiary/aromatic N) is 8. The van der Waals surface area contributed by atoms with Crippen molar-refractivity contribution in [3.05, 3.63) is 182 Å². The van der Waals surface area contributed by atoms with Gasteiger partial charge >= 0.3 is 0 Å². The molecule has 57 heavy (non-hydrogen) atoms. The van der Waals surface area contributed by atoms with Crippen molar-refractivity contribution >= 4 is 10.8 Å². The van der Waals surface area contributed by atoms with Gasteiger partial charge in [0.05, 0.1) is 0 Å². The van der Waals surface area contributed by atoms with E-state index in [1.807, 2.05) is 164 Å². The van der Waals surface area contributed by atoms with E-state index in [0.29, 0.717) is 46.7 Å². The fourth-order valence-electron chi connectivity index (χ4n) is 6.74. The second-order valence-electron chi connectivity index (χ2n) is 13.3. The maximum Gasteiger partial charge on any atom is 0.248 e. The van der Waals surface area contributed by atoms with E-state index in [0.717, 1.165) is 55.3 Å². The summed E-state index contributed by atoms with van der Waals surface area (Å²) in [5.41, 5.74) is 6.66.